The van der Waals surface area contributed by atoms with Gasteiger partial charge in [0.2, 0.25) is 0 Å². The van der Waals surface area contributed by atoms with Gasteiger partial charge in [0.15, 0.2) is 0 Å². The number of aromatic hydroxyl groups is 1. The fourth-order valence-electron chi connectivity index (χ4n) is 4.43. The van der Waals surface area contributed by atoms with Crippen LogP contribution < -0.4 is 0 Å². The smallest absolute Gasteiger partial charge is 0.115 e. The predicted molar refractivity (Wildman–Crippen MR) is 117 cm³/mol. The van der Waals surface area contributed by atoms with Gasteiger partial charge < -0.3 is 5.11 Å². The summed E-state index contributed by atoms with van der Waals surface area (Å²) in [6.07, 6.45) is 17.2. The number of phenolic OH excluding ortho intramolecular Hbond substituents is 1. The third-order valence-electron chi connectivity index (χ3n) is 5.95. The number of allylic oxidation sites excluding steroid dienone is 8. The minimum atomic E-state index is 0.377. The van der Waals surface area contributed by atoms with Crippen molar-refractivity contribution >= 4 is 5.57 Å². The zero-order valence-corrected chi connectivity index (χ0v) is 17.4. The van der Waals surface area contributed by atoms with Gasteiger partial charge >= 0.3 is 0 Å². The second kappa shape index (κ2) is 8.33. The van der Waals surface area contributed by atoms with Crippen LogP contribution in [0, 0.1) is 5.41 Å². The van der Waals surface area contributed by atoms with E-state index in [4.69, 9.17) is 0 Å². The van der Waals surface area contributed by atoms with Gasteiger partial charge in [0.25, 0.3) is 0 Å². The van der Waals surface area contributed by atoms with Crippen LogP contribution in [0.25, 0.3) is 5.57 Å². The highest BCUT2D eigenvalue weighted by molar-refractivity contribution is 5.88. The van der Waals surface area contributed by atoms with Gasteiger partial charge in [0.1, 0.15) is 5.75 Å². The summed E-state index contributed by atoms with van der Waals surface area (Å²) in [5.41, 5.74) is 8.82. The standard InChI is InChI=1S/C26H34O/c1-5-8-20(9-6-2)25-23(19-14-16-26(3,4)17-15-19)11-7-10-21-18-22(27)12-13-24(21)25/h5,8-9,12-14,18,27H,6-7,10-11,15-17H2,1-4H3/b8-5-,20-9+. The molecule has 2 aliphatic rings. The van der Waals surface area contributed by atoms with Crippen molar-refractivity contribution in [1.29, 1.82) is 0 Å². The zero-order chi connectivity index (χ0) is 19.4. The number of hydrogen-bond acceptors (Lipinski definition) is 1. The Bertz CT molecular complexity index is 815. The van der Waals surface area contributed by atoms with Gasteiger partial charge in [-0.3, -0.25) is 0 Å². The Kier molecular flexibility index (Phi) is 6.09. The van der Waals surface area contributed by atoms with Crippen LogP contribution >= 0.6 is 0 Å². The molecule has 0 spiro atoms. The lowest BCUT2D eigenvalue weighted by Crippen LogP contribution is -2.15. The Morgan fingerprint density at radius 3 is 2.67 bits per heavy atom. The fraction of sp³-hybridized carbons (Fsp3) is 0.462. The van der Waals surface area contributed by atoms with Crippen molar-refractivity contribution < 1.29 is 5.11 Å². The molecule has 0 unspecified atom stereocenters. The van der Waals surface area contributed by atoms with Crippen molar-refractivity contribution in [2.75, 3.05) is 0 Å². The fourth-order valence-corrected chi connectivity index (χ4v) is 4.43. The average molecular weight is 363 g/mol. The number of benzene rings is 1. The van der Waals surface area contributed by atoms with Gasteiger partial charge in [-0.25, -0.2) is 0 Å². The third-order valence-corrected chi connectivity index (χ3v) is 5.95. The van der Waals surface area contributed by atoms with Crippen LogP contribution in [0.2, 0.25) is 0 Å². The third kappa shape index (κ3) is 4.46. The average Bonchev–Trinajstić information content (AvgIpc) is 2.80. The quantitative estimate of drug-likeness (QED) is 0.549. The van der Waals surface area contributed by atoms with Crippen molar-refractivity contribution in [3.63, 3.8) is 0 Å². The van der Waals surface area contributed by atoms with Crippen LogP contribution in [0.1, 0.15) is 77.3 Å². The van der Waals surface area contributed by atoms with Gasteiger partial charge in [0.05, 0.1) is 0 Å². The first-order valence-electron chi connectivity index (χ1n) is 10.5. The lowest BCUT2D eigenvalue weighted by atomic mass is 9.75. The molecule has 0 bridgehead atoms. The van der Waals surface area contributed by atoms with E-state index in [0.29, 0.717) is 11.2 Å². The summed E-state index contributed by atoms with van der Waals surface area (Å²) in [6, 6.07) is 5.95. The van der Waals surface area contributed by atoms with Crippen molar-refractivity contribution in [2.45, 2.75) is 72.6 Å². The molecule has 1 N–H and O–H groups in total. The molecule has 0 saturated heterocycles. The highest BCUT2D eigenvalue weighted by Gasteiger charge is 2.26. The van der Waals surface area contributed by atoms with E-state index in [0.717, 1.165) is 32.1 Å². The molecule has 27 heavy (non-hydrogen) atoms. The molecular weight excluding hydrogens is 328 g/mol. The maximum absolute atomic E-state index is 10.0. The zero-order valence-electron chi connectivity index (χ0n) is 17.4. The van der Waals surface area contributed by atoms with E-state index in [1.807, 2.05) is 12.1 Å². The van der Waals surface area contributed by atoms with Crippen LogP contribution in [0.4, 0.5) is 0 Å². The van der Waals surface area contributed by atoms with E-state index in [-0.39, 0.29) is 0 Å². The topological polar surface area (TPSA) is 20.2 Å². The molecule has 0 amide bonds. The normalized spacial score (nSPS) is 20.4. The van der Waals surface area contributed by atoms with Crippen LogP contribution in [0.15, 0.2) is 59.2 Å². The summed E-state index contributed by atoms with van der Waals surface area (Å²) in [6.45, 7) is 9.06. The highest BCUT2D eigenvalue weighted by Crippen LogP contribution is 2.44. The molecule has 144 valence electrons. The van der Waals surface area contributed by atoms with Gasteiger partial charge in [-0.15, -0.1) is 0 Å². The molecule has 1 nitrogen and oxygen atoms in total. The summed E-state index contributed by atoms with van der Waals surface area (Å²) in [4.78, 5) is 0. The number of fused-ring (bicyclic) bond motifs is 1. The van der Waals surface area contributed by atoms with Gasteiger partial charge in [-0.05, 0) is 103 Å². The Balaban J connectivity index is 2.22. The van der Waals surface area contributed by atoms with Crippen molar-refractivity contribution in [1.82, 2.24) is 0 Å². The Morgan fingerprint density at radius 1 is 1.19 bits per heavy atom. The Hall–Kier alpha value is -2.02. The maximum atomic E-state index is 10.0. The number of phenols is 1. The van der Waals surface area contributed by atoms with E-state index in [1.54, 1.807) is 5.57 Å². The summed E-state index contributed by atoms with van der Waals surface area (Å²) >= 11 is 0. The van der Waals surface area contributed by atoms with Gasteiger partial charge in [0, 0.05) is 0 Å². The van der Waals surface area contributed by atoms with Crippen LogP contribution in [-0.2, 0) is 6.42 Å². The molecule has 0 fully saturated rings. The van der Waals surface area contributed by atoms with E-state index < -0.39 is 0 Å². The van der Waals surface area contributed by atoms with E-state index >= 15 is 0 Å². The van der Waals surface area contributed by atoms with Crippen molar-refractivity contribution in [2.24, 2.45) is 5.41 Å². The molecule has 0 heterocycles. The van der Waals surface area contributed by atoms with Gasteiger partial charge in [-0.2, -0.15) is 0 Å². The minimum absolute atomic E-state index is 0.377. The summed E-state index contributed by atoms with van der Waals surface area (Å²) in [7, 11) is 0. The molecule has 3 rings (SSSR count). The van der Waals surface area contributed by atoms with E-state index in [2.05, 4.69) is 58.1 Å². The first kappa shape index (κ1) is 19.7. The monoisotopic (exact) mass is 362 g/mol. The second-order valence-corrected chi connectivity index (χ2v) is 8.71. The van der Waals surface area contributed by atoms with Gasteiger partial charge in [-0.1, -0.05) is 51.1 Å². The highest BCUT2D eigenvalue weighted by atomic mass is 16.3. The van der Waals surface area contributed by atoms with Crippen LogP contribution in [-0.4, -0.2) is 5.11 Å². The molecule has 2 aliphatic carbocycles. The number of aryl methyl sites for hydroxylation is 1. The van der Waals surface area contributed by atoms with E-state index in [9.17, 15) is 5.11 Å². The molecule has 0 radical (unpaired) electrons. The molecule has 1 heteroatoms. The Labute approximate surface area is 165 Å². The summed E-state index contributed by atoms with van der Waals surface area (Å²) < 4.78 is 0. The molecule has 0 atom stereocenters. The molecule has 0 saturated carbocycles. The first-order chi connectivity index (χ1) is 12.9. The van der Waals surface area contributed by atoms with E-state index in [1.165, 1.54) is 40.7 Å². The molecular formula is C26H34O. The second-order valence-electron chi connectivity index (χ2n) is 8.71. The first-order valence-corrected chi connectivity index (χ1v) is 10.5. The Morgan fingerprint density at radius 2 is 2.00 bits per heavy atom. The molecule has 1 aromatic rings. The summed E-state index contributed by atoms with van der Waals surface area (Å²) in [5, 5.41) is 10.0. The maximum Gasteiger partial charge on any atom is 0.115 e. The predicted octanol–water partition coefficient (Wildman–Crippen LogP) is 7.53. The van der Waals surface area contributed by atoms with Crippen LogP contribution in [0.3, 0.4) is 0 Å². The SMILES string of the molecule is C/C=C\C(=C/CC)C1=C(C2=CCC(C)(C)CC2)CCCc2cc(O)ccc21. The van der Waals surface area contributed by atoms with Crippen molar-refractivity contribution in [3.05, 3.63) is 70.3 Å². The lowest BCUT2D eigenvalue weighted by molar-refractivity contribution is 0.325. The summed E-state index contributed by atoms with van der Waals surface area (Å²) in [5.74, 6) is 0.377. The largest absolute Gasteiger partial charge is 0.508 e. The molecule has 0 aliphatic heterocycles. The number of rotatable bonds is 4. The molecule has 1 aromatic carbocycles. The van der Waals surface area contributed by atoms with Crippen molar-refractivity contribution in [3.8, 4) is 5.75 Å². The lowest BCUT2D eigenvalue weighted by Gasteiger charge is -2.30. The van der Waals surface area contributed by atoms with Crippen LogP contribution in [0.5, 0.6) is 5.75 Å². The number of hydrogen-bond donors (Lipinski definition) is 1. The molecule has 0 aromatic heterocycles. The minimum Gasteiger partial charge on any atom is -0.508 e.